The van der Waals surface area contributed by atoms with E-state index >= 15 is 0 Å². The van der Waals surface area contributed by atoms with Gasteiger partial charge >= 0.3 is 18.2 Å². The van der Waals surface area contributed by atoms with E-state index in [0.29, 0.717) is 0 Å². The molecule has 1 aromatic heterocycles. The zero-order chi connectivity index (χ0) is 15.0. The maximum atomic E-state index is 12.4. The van der Waals surface area contributed by atoms with Gasteiger partial charge in [-0.25, -0.2) is 4.98 Å². The van der Waals surface area contributed by atoms with Crippen LogP contribution in [-0.2, 0) is 6.18 Å². The summed E-state index contributed by atoms with van der Waals surface area (Å²) in [5, 5.41) is 10.4. The van der Waals surface area contributed by atoms with E-state index in [1.807, 2.05) is 0 Å². The molecule has 0 aliphatic carbocycles. The van der Waals surface area contributed by atoms with Crippen LogP contribution in [0.2, 0.25) is 0 Å². The second-order valence-corrected chi connectivity index (χ2v) is 3.97. The van der Waals surface area contributed by atoms with E-state index < -0.39 is 38.3 Å². The summed E-state index contributed by atoms with van der Waals surface area (Å²) in [6, 6.07) is 0.0328. The van der Waals surface area contributed by atoms with Crippen LogP contribution in [0.25, 0.3) is 0 Å². The molecule has 0 spiro atoms. The molecular weight excluding hydrogens is 401 g/mol. The molecule has 0 radical (unpaired) electrons. The minimum Gasteiger partial charge on any atom is -0.403 e. The lowest BCUT2D eigenvalue weighted by atomic mass is 10.3. The number of ether oxygens (including phenoxy) is 1. The molecule has 0 amide bonds. The largest absolute Gasteiger partial charge is 0.573 e. The minimum atomic E-state index is -5.20. The normalized spacial score (nSPS) is 12.4. The van der Waals surface area contributed by atoms with Gasteiger partial charge in [0.05, 0.1) is 11.0 Å². The first-order valence-electron chi connectivity index (χ1n) is 4.09. The second kappa shape index (κ2) is 4.97. The third-order valence-corrected chi connectivity index (χ3v) is 2.39. The highest BCUT2D eigenvalue weighted by Crippen LogP contribution is 2.39. The summed E-state index contributed by atoms with van der Waals surface area (Å²) >= 11 is 1.05. The fourth-order valence-corrected chi connectivity index (χ4v) is 1.51. The van der Waals surface area contributed by atoms with Crippen LogP contribution in [0, 0.1) is 13.8 Å². The third-order valence-electron chi connectivity index (χ3n) is 1.61. The molecule has 19 heavy (non-hydrogen) atoms. The summed E-state index contributed by atoms with van der Waals surface area (Å²) in [5.41, 5.74) is -3.51. The molecule has 0 aliphatic rings. The number of aromatic nitrogens is 1. The van der Waals surface area contributed by atoms with Crippen molar-refractivity contribution in [3.05, 3.63) is 25.6 Å². The third kappa shape index (κ3) is 4.07. The predicted molar refractivity (Wildman–Crippen MR) is 55.3 cm³/mol. The van der Waals surface area contributed by atoms with Crippen LogP contribution in [0.5, 0.6) is 5.75 Å². The first kappa shape index (κ1) is 15.7. The average molecular weight is 402 g/mol. The summed E-state index contributed by atoms with van der Waals surface area (Å²) in [5.74, 6) is -1.17. The van der Waals surface area contributed by atoms with Crippen molar-refractivity contribution >= 4 is 28.3 Å². The molecule has 0 bridgehead atoms. The fourth-order valence-electron chi connectivity index (χ4n) is 1.01. The highest BCUT2D eigenvalue weighted by molar-refractivity contribution is 14.1. The van der Waals surface area contributed by atoms with Crippen molar-refractivity contribution in [3.63, 3.8) is 0 Å². The van der Waals surface area contributed by atoms with Gasteiger partial charge in [-0.05, 0) is 22.6 Å². The van der Waals surface area contributed by atoms with Crippen molar-refractivity contribution in [1.29, 1.82) is 0 Å². The molecule has 0 aliphatic heterocycles. The molecule has 1 aromatic rings. The molecule has 12 heteroatoms. The van der Waals surface area contributed by atoms with Crippen LogP contribution in [0.15, 0.2) is 6.07 Å². The van der Waals surface area contributed by atoms with Gasteiger partial charge in [-0.15, -0.1) is 13.2 Å². The Bertz CT molecular complexity index is 515. The molecule has 0 saturated carbocycles. The van der Waals surface area contributed by atoms with E-state index in [1.54, 1.807) is 0 Å². The van der Waals surface area contributed by atoms with Crippen LogP contribution in [0.1, 0.15) is 5.69 Å². The Hall–Kier alpha value is -1.34. The molecule has 0 aromatic carbocycles. The minimum absolute atomic E-state index is 0.0328. The van der Waals surface area contributed by atoms with E-state index in [1.165, 1.54) is 0 Å². The Labute approximate surface area is 113 Å². The van der Waals surface area contributed by atoms with Crippen molar-refractivity contribution in [2.75, 3.05) is 0 Å². The lowest BCUT2D eigenvalue weighted by Crippen LogP contribution is -2.20. The van der Waals surface area contributed by atoms with Crippen LogP contribution in [-0.4, -0.2) is 16.3 Å². The second-order valence-electron chi connectivity index (χ2n) is 2.95. The standard InChI is InChI=1S/C7HF6IN2O3/c8-6(9,10)4-2(16(17)18)1-3(5(14)15-4)19-7(11,12)13/h1H. The van der Waals surface area contributed by atoms with Crippen molar-refractivity contribution in [1.82, 2.24) is 4.98 Å². The Kier molecular flexibility index (Phi) is 4.11. The number of alkyl halides is 6. The number of hydrogen-bond acceptors (Lipinski definition) is 4. The van der Waals surface area contributed by atoms with Gasteiger partial charge in [-0.3, -0.25) is 10.1 Å². The highest BCUT2D eigenvalue weighted by Gasteiger charge is 2.42. The summed E-state index contributed by atoms with van der Waals surface area (Å²) in [6.45, 7) is 0. The first-order chi connectivity index (χ1) is 8.42. The van der Waals surface area contributed by atoms with E-state index in [0.717, 1.165) is 22.6 Å². The SMILES string of the molecule is O=[N+]([O-])c1cc(OC(F)(F)F)c(I)nc1C(F)(F)F. The molecule has 1 rings (SSSR count). The van der Waals surface area contributed by atoms with Crippen LogP contribution < -0.4 is 4.74 Å². The number of pyridine rings is 1. The molecule has 0 unspecified atom stereocenters. The number of nitrogens with zero attached hydrogens (tertiary/aromatic N) is 2. The van der Waals surface area contributed by atoms with Crippen LogP contribution in [0.3, 0.4) is 0 Å². The van der Waals surface area contributed by atoms with Gasteiger partial charge < -0.3 is 4.74 Å². The summed E-state index contributed by atoms with van der Waals surface area (Å²) in [7, 11) is 0. The summed E-state index contributed by atoms with van der Waals surface area (Å²) in [4.78, 5) is 11.7. The summed E-state index contributed by atoms with van der Waals surface area (Å²) in [6.07, 6.45) is -10.4. The molecule has 0 fully saturated rings. The Morgan fingerprint density at radius 3 is 2.16 bits per heavy atom. The van der Waals surface area contributed by atoms with Gasteiger partial charge in [0, 0.05) is 0 Å². The lowest BCUT2D eigenvalue weighted by molar-refractivity contribution is -0.388. The van der Waals surface area contributed by atoms with Crippen LogP contribution in [0.4, 0.5) is 32.0 Å². The van der Waals surface area contributed by atoms with Crippen molar-refractivity contribution in [2.24, 2.45) is 0 Å². The Morgan fingerprint density at radius 1 is 1.26 bits per heavy atom. The fraction of sp³-hybridized carbons (Fsp3) is 0.286. The zero-order valence-electron chi connectivity index (χ0n) is 8.34. The molecule has 106 valence electrons. The van der Waals surface area contributed by atoms with E-state index in [9.17, 15) is 36.5 Å². The van der Waals surface area contributed by atoms with Gasteiger partial charge in [0.25, 0.3) is 0 Å². The lowest BCUT2D eigenvalue weighted by Gasteiger charge is -2.12. The molecular formula is C7HF6IN2O3. The van der Waals surface area contributed by atoms with Crippen LogP contribution >= 0.6 is 22.6 Å². The smallest absolute Gasteiger partial charge is 0.403 e. The maximum Gasteiger partial charge on any atom is 0.573 e. The van der Waals surface area contributed by atoms with Crippen molar-refractivity contribution in [3.8, 4) is 5.75 Å². The van der Waals surface area contributed by atoms with E-state index in [4.69, 9.17) is 0 Å². The quantitative estimate of drug-likeness (QED) is 0.250. The molecule has 1 heterocycles. The topological polar surface area (TPSA) is 65.3 Å². The molecule has 0 atom stereocenters. The monoisotopic (exact) mass is 402 g/mol. The number of halogens is 7. The Morgan fingerprint density at radius 2 is 1.79 bits per heavy atom. The Balaban J connectivity index is 3.42. The number of hydrogen-bond donors (Lipinski definition) is 0. The number of nitro groups is 1. The van der Waals surface area contributed by atoms with E-state index in [2.05, 4.69) is 9.72 Å². The van der Waals surface area contributed by atoms with Gasteiger partial charge in [-0.1, -0.05) is 0 Å². The first-order valence-corrected chi connectivity index (χ1v) is 5.17. The molecule has 5 nitrogen and oxygen atoms in total. The van der Waals surface area contributed by atoms with Gasteiger partial charge in [0.1, 0.15) is 3.70 Å². The zero-order valence-corrected chi connectivity index (χ0v) is 10.5. The van der Waals surface area contributed by atoms with E-state index in [-0.39, 0.29) is 6.07 Å². The molecule has 0 N–H and O–H groups in total. The van der Waals surface area contributed by atoms with Gasteiger partial charge in [-0.2, -0.15) is 13.2 Å². The van der Waals surface area contributed by atoms with Gasteiger partial charge in [0.15, 0.2) is 5.75 Å². The highest BCUT2D eigenvalue weighted by atomic mass is 127. The summed E-state index contributed by atoms with van der Waals surface area (Å²) < 4.78 is 75.7. The van der Waals surface area contributed by atoms with Gasteiger partial charge in [0.2, 0.25) is 5.69 Å². The molecule has 0 saturated heterocycles. The number of rotatable bonds is 2. The average Bonchev–Trinajstić information content (AvgIpc) is 2.16. The van der Waals surface area contributed by atoms with Crippen molar-refractivity contribution in [2.45, 2.75) is 12.5 Å². The van der Waals surface area contributed by atoms with Crippen molar-refractivity contribution < 1.29 is 36.0 Å². The predicted octanol–water partition coefficient (Wildman–Crippen LogP) is 3.51. The maximum absolute atomic E-state index is 12.4.